The largest absolute Gasteiger partial charge is 0.350 e. The fourth-order valence-electron chi connectivity index (χ4n) is 3.80. The van der Waals surface area contributed by atoms with Crippen LogP contribution in [0.5, 0.6) is 0 Å². The molecule has 1 aliphatic carbocycles. The van der Waals surface area contributed by atoms with Gasteiger partial charge in [-0.2, -0.15) is 0 Å². The number of nitrogens with one attached hydrogen (secondary N) is 1. The molecular weight excluding hydrogens is 334 g/mol. The summed E-state index contributed by atoms with van der Waals surface area (Å²) in [4.78, 5) is 37.7. The third-order valence-corrected chi connectivity index (χ3v) is 5.48. The van der Waals surface area contributed by atoms with Crippen molar-refractivity contribution in [2.75, 3.05) is 6.54 Å². The van der Waals surface area contributed by atoms with Crippen LogP contribution in [0.25, 0.3) is 0 Å². The molecule has 3 amide bonds. The first-order chi connectivity index (χ1) is 12.5. The van der Waals surface area contributed by atoms with E-state index in [2.05, 4.69) is 15.6 Å². The molecule has 26 heavy (non-hydrogen) atoms. The van der Waals surface area contributed by atoms with Gasteiger partial charge in [-0.3, -0.25) is 24.0 Å². The molecule has 142 valence electrons. The summed E-state index contributed by atoms with van der Waals surface area (Å²) >= 11 is 0. The molecule has 1 aliphatic heterocycles. The zero-order valence-electron chi connectivity index (χ0n) is 15.5. The average molecular weight is 361 g/mol. The number of nitrogens with zero attached hydrogens (tertiary/aromatic N) is 4. The standard InChI is InChI=1S/C18H27N5O3/c1-3-22-11-15(20-21-22)9-19-17(25)14-6-4-13(5-7-14)10-23-16(24)8-12(2)18(23)26/h11-14H,3-10H2,1-2H3,(H,19,25). The van der Waals surface area contributed by atoms with Crippen molar-refractivity contribution in [2.45, 2.75) is 59.0 Å². The molecule has 1 aromatic rings. The van der Waals surface area contributed by atoms with Gasteiger partial charge in [-0.1, -0.05) is 12.1 Å². The van der Waals surface area contributed by atoms with Gasteiger partial charge in [-0.05, 0) is 38.5 Å². The maximum Gasteiger partial charge on any atom is 0.232 e. The molecule has 0 radical (unpaired) electrons. The zero-order chi connectivity index (χ0) is 18.7. The van der Waals surface area contributed by atoms with Crippen molar-refractivity contribution < 1.29 is 14.4 Å². The van der Waals surface area contributed by atoms with Crippen LogP contribution in [0, 0.1) is 17.8 Å². The first-order valence-electron chi connectivity index (χ1n) is 9.48. The van der Waals surface area contributed by atoms with Crippen LogP contribution < -0.4 is 5.32 Å². The molecule has 0 bridgehead atoms. The lowest BCUT2D eigenvalue weighted by atomic mass is 9.81. The number of aromatic nitrogens is 3. The number of hydrogen-bond donors (Lipinski definition) is 1. The molecule has 2 fully saturated rings. The predicted octanol–water partition coefficient (Wildman–Crippen LogP) is 1.12. The Balaban J connectivity index is 1.42. The number of amides is 3. The summed E-state index contributed by atoms with van der Waals surface area (Å²) in [6.07, 6.45) is 5.50. The smallest absolute Gasteiger partial charge is 0.232 e. The molecule has 0 spiro atoms. The SMILES string of the molecule is CCn1cc(CNC(=O)C2CCC(CN3C(=O)CC(C)C3=O)CC2)nn1. The molecule has 2 aliphatic rings. The average Bonchev–Trinajstić information content (AvgIpc) is 3.20. The Morgan fingerprint density at radius 2 is 2.00 bits per heavy atom. The van der Waals surface area contributed by atoms with E-state index in [0.717, 1.165) is 37.9 Å². The summed E-state index contributed by atoms with van der Waals surface area (Å²) in [5.41, 5.74) is 0.758. The van der Waals surface area contributed by atoms with Crippen LogP contribution in [0.3, 0.4) is 0 Å². The van der Waals surface area contributed by atoms with Crippen molar-refractivity contribution in [1.82, 2.24) is 25.2 Å². The molecule has 1 saturated carbocycles. The van der Waals surface area contributed by atoms with Crippen LogP contribution in [0.2, 0.25) is 0 Å². The fourth-order valence-corrected chi connectivity index (χ4v) is 3.80. The second-order valence-electron chi connectivity index (χ2n) is 7.45. The van der Waals surface area contributed by atoms with E-state index in [4.69, 9.17) is 0 Å². The van der Waals surface area contributed by atoms with Crippen molar-refractivity contribution in [2.24, 2.45) is 17.8 Å². The van der Waals surface area contributed by atoms with Gasteiger partial charge in [0.2, 0.25) is 17.7 Å². The fraction of sp³-hybridized carbons (Fsp3) is 0.722. The second-order valence-corrected chi connectivity index (χ2v) is 7.45. The number of carbonyl (C=O) groups excluding carboxylic acids is 3. The summed E-state index contributed by atoms with van der Waals surface area (Å²) in [6, 6.07) is 0. The van der Waals surface area contributed by atoms with Crippen LogP contribution in [-0.2, 0) is 27.5 Å². The highest BCUT2D eigenvalue weighted by atomic mass is 16.2. The van der Waals surface area contributed by atoms with Crippen LogP contribution in [0.15, 0.2) is 6.20 Å². The molecule has 8 heteroatoms. The lowest BCUT2D eigenvalue weighted by Gasteiger charge is -2.30. The molecule has 8 nitrogen and oxygen atoms in total. The topological polar surface area (TPSA) is 97.2 Å². The van der Waals surface area contributed by atoms with E-state index in [0.29, 0.717) is 25.4 Å². The van der Waals surface area contributed by atoms with Gasteiger partial charge in [0, 0.05) is 31.3 Å². The maximum absolute atomic E-state index is 12.4. The van der Waals surface area contributed by atoms with Gasteiger partial charge in [0.25, 0.3) is 0 Å². The number of likely N-dealkylation sites (tertiary alicyclic amines) is 1. The summed E-state index contributed by atoms with van der Waals surface area (Å²) in [7, 11) is 0. The lowest BCUT2D eigenvalue weighted by Crippen LogP contribution is -2.38. The first kappa shape index (κ1) is 18.5. The molecule has 1 N–H and O–H groups in total. The molecule has 3 rings (SSSR count). The summed E-state index contributed by atoms with van der Waals surface area (Å²) in [5, 5.41) is 10.9. The van der Waals surface area contributed by atoms with Crippen LogP contribution in [0.4, 0.5) is 0 Å². The van der Waals surface area contributed by atoms with Crippen molar-refractivity contribution >= 4 is 17.7 Å². The number of hydrogen-bond acceptors (Lipinski definition) is 5. The van der Waals surface area contributed by atoms with Gasteiger partial charge in [-0.25, -0.2) is 0 Å². The maximum atomic E-state index is 12.4. The van der Waals surface area contributed by atoms with E-state index in [1.807, 2.05) is 13.1 Å². The van der Waals surface area contributed by atoms with E-state index < -0.39 is 0 Å². The van der Waals surface area contributed by atoms with Crippen molar-refractivity contribution in [3.05, 3.63) is 11.9 Å². The summed E-state index contributed by atoms with van der Waals surface area (Å²) < 4.78 is 1.73. The lowest BCUT2D eigenvalue weighted by molar-refractivity contribution is -0.140. The number of imide groups is 1. The Morgan fingerprint density at radius 1 is 1.27 bits per heavy atom. The highest BCUT2D eigenvalue weighted by Gasteiger charge is 2.37. The van der Waals surface area contributed by atoms with E-state index >= 15 is 0 Å². The van der Waals surface area contributed by atoms with Crippen molar-refractivity contribution in [1.29, 1.82) is 0 Å². The van der Waals surface area contributed by atoms with Crippen LogP contribution in [-0.4, -0.2) is 44.2 Å². The highest BCUT2D eigenvalue weighted by molar-refractivity contribution is 6.03. The van der Waals surface area contributed by atoms with Gasteiger partial charge in [0.05, 0.1) is 12.7 Å². The molecule has 1 saturated heterocycles. The van der Waals surface area contributed by atoms with Crippen molar-refractivity contribution in [3.63, 3.8) is 0 Å². The van der Waals surface area contributed by atoms with Crippen LogP contribution in [0.1, 0.15) is 51.6 Å². The van der Waals surface area contributed by atoms with Gasteiger partial charge in [0.15, 0.2) is 0 Å². The minimum Gasteiger partial charge on any atom is -0.350 e. The van der Waals surface area contributed by atoms with Gasteiger partial charge in [0.1, 0.15) is 5.69 Å². The number of rotatable bonds is 6. The molecule has 0 aromatic carbocycles. The van der Waals surface area contributed by atoms with Crippen LogP contribution >= 0.6 is 0 Å². The Kier molecular flexibility index (Phi) is 5.68. The Hall–Kier alpha value is -2.25. The zero-order valence-corrected chi connectivity index (χ0v) is 15.5. The van der Waals surface area contributed by atoms with Gasteiger partial charge in [-0.15, -0.1) is 5.10 Å². The van der Waals surface area contributed by atoms with E-state index in [1.165, 1.54) is 4.90 Å². The van der Waals surface area contributed by atoms with Gasteiger partial charge >= 0.3 is 0 Å². The second kappa shape index (κ2) is 7.97. The predicted molar refractivity (Wildman–Crippen MR) is 93.5 cm³/mol. The molecule has 1 aromatic heterocycles. The molecular formula is C18H27N5O3. The normalized spacial score (nSPS) is 26.4. The Morgan fingerprint density at radius 3 is 2.58 bits per heavy atom. The third-order valence-electron chi connectivity index (χ3n) is 5.48. The van der Waals surface area contributed by atoms with E-state index in [9.17, 15) is 14.4 Å². The number of carbonyl (C=O) groups is 3. The minimum absolute atomic E-state index is 0.00336. The van der Waals surface area contributed by atoms with E-state index in [-0.39, 0.29) is 29.6 Å². The molecule has 2 heterocycles. The van der Waals surface area contributed by atoms with Crippen molar-refractivity contribution in [3.8, 4) is 0 Å². The summed E-state index contributed by atoms with van der Waals surface area (Å²) in [6.45, 7) is 5.45. The number of aryl methyl sites for hydroxylation is 1. The minimum atomic E-state index is -0.185. The molecule has 1 atom stereocenters. The Bertz CT molecular complexity index is 678. The molecule has 1 unspecified atom stereocenters. The van der Waals surface area contributed by atoms with E-state index in [1.54, 1.807) is 11.6 Å². The quantitative estimate of drug-likeness (QED) is 0.766. The highest BCUT2D eigenvalue weighted by Crippen LogP contribution is 2.31. The Labute approximate surface area is 153 Å². The summed E-state index contributed by atoms with van der Waals surface area (Å²) in [5.74, 6) is 0.0716. The monoisotopic (exact) mass is 361 g/mol. The van der Waals surface area contributed by atoms with Gasteiger partial charge < -0.3 is 5.32 Å². The third kappa shape index (κ3) is 4.11. The first-order valence-corrected chi connectivity index (χ1v) is 9.48.